The van der Waals surface area contributed by atoms with Crippen LogP contribution in [0.15, 0.2) is 68.0 Å². The molecule has 0 N–H and O–H groups in total. The molecule has 2 atom stereocenters. The van der Waals surface area contributed by atoms with Gasteiger partial charge in [0, 0.05) is 83.6 Å². The molecule has 8 heteroatoms. The highest BCUT2D eigenvalue weighted by atomic mass is 16.2. The van der Waals surface area contributed by atoms with Gasteiger partial charge < -0.3 is 9.13 Å². The van der Waals surface area contributed by atoms with Crippen molar-refractivity contribution in [2.24, 2.45) is 25.9 Å². The molecule has 0 fully saturated rings. The van der Waals surface area contributed by atoms with Crippen molar-refractivity contribution >= 4 is 32.3 Å². The summed E-state index contributed by atoms with van der Waals surface area (Å²) in [7, 11) is 3.92. The van der Waals surface area contributed by atoms with Crippen LogP contribution in [0.3, 0.4) is 0 Å². The summed E-state index contributed by atoms with van der Waals surface area (Å²) < 4.78 is 7.02. The van der Waals surface area contributed by atoms with Gasteiger partial charge in [-0.05, 0) is 73.9 Å². The number of unbranched alkanes of at least 4 members (excludes halogenated alkanes) is 24. The second-order valence-corrected chi connectivity index (χ2v) is 22.3. The number of rotatable bonds is 38. The number of hydrogen-bond acceptors (Lipinski definition) is 4. The van der Waals surface area contributed by atoms with Crippen LogP contribution < -0.4 is 22.2 Å². The van der Waals surface area contributed by atoms with Crippen molar-refractivity contribution in [1.29, 1.82) is 0 Å². The van der Waals surface area contributed by atoms with Gasteiger partial charge in [0.05, 0.1) is 10.8 Å². The normalized spacial score (nSPS) is 12.9. The third kappa shape index (κ3) is 14.9. The molecule has 0 aliphatic heterocycles. The molecular weight excluding hydrogens is 889 g/mol. The zero-order chi connectivity index (χ0) is 51.2. The Morgan fingerprint density at radius 3 is 0.903 bits per heavy atom. The fraction of sp³-hybridized carbons (Fsp3) is 0.656. The Morgan fingerprint density at radius 1 is 0.361 bits per heavy atom. The molecule has 8 rings (SSSR count). The van der Waals surface area contributed by atoms with E-state index < -0.39 is 0 Å². The van der Waals surface area contributed by atoms with Crippen molar-refractivity contribution in [3.05, 3.63) is 90.2 Å². The molecule has 0 saturated carbocycles. The van der Waals surface area contributed by atoms with Gasteiger partial charge in [-0.1, -0.05) is 207 Å². The fourth-order valence-electron chi connectivity index (χ4n) is 12.1. The molecule has 4 bridgehead atoms. The monoisotopic (exact) mass is 985 g/mol. The van der Waals surface area contributed by atoms with Gasteiger partial charge in [-0.2, -0.15) is 0 Å². The molecule has 0 aliphatic rings. The van der Waals surface area contributed by atoms with E-state index in [0.717, 1.165) is 88.4 Å². The summed E-state index contributed by atoms with van der Waals surface area (Å²) in [6.45, 7) is 9.69. The zero-order valence-electron chi connectivity index (χ0n) is 46.2. The van der Waals surface area contributed by atoms with Crippen molar-refractivity contribution in [1.82, 2.24) is 18.3 Å². The van der Waals surface area contributed by atoms with Crippen LogP contribution in [0.25, 0.3) is 54.8 Å². The first-order valence-electron chi connectivity index (χ1n) is 29.8. The predicted molar refractivity (Wildman–Crippen MR) is 309 cm³/mol. The van der Waals surface area contributed by atoms with Gasteiger partial charge in [0.15, 0.2) is 0 Å². The van der Waals surface area contributed by atoms with E-state index in [1.54, 1.807) is 0 Å². The summed E-state index contributed by atoms with van der Waals surface area (Å²) in [5, 5.41) is 2.35. The largest absolute Gasteiger partial charge is 0.351 e. The Kier molecular flexibility index (Phi) is 23.7. The van der Waals surface area contributed by atoms with Gasteiger partial charge in [0.25, 0.3) is 22.2 Å². The van der Waals surface area contributed by atoms with Crippen molar-refractivity contribution in [2.45, 2.75) is 246 Å². The molecule has 0 amide bonds. The molecule has 8 aromatic rings. The van der Waals surface area contributed by atoms with Crippen LogP contribution in [0.2, 0.25) is 0 Å². The maximum atomic E-state index is 15.7. The molecule has 0 aliphatic carbocycles. The molecular formula is C64H96N4O4. The standard InChI is InChI=1S/C64H96N4O4/c1-7-11-15-19-23-25-29-33-39-49(37-31-27-21-17-13-9-3)47-67-61(69)53-45-51(55-41-35-43-65(55)5)59(63(67)71)58-54-46-52(56-42-36-44-66(56)6)60(57(53)58)64(72)68(62(54)70)48-50(38-32-28-22-18-14-10-4)40-34-30-26-24-20-16-12-8-2/h35-36,41-46,49-50H,7-34,37-40,47-48H2,1-6H3. The van der Waals surface area contributed by atoms with Crippen molar-refractivity contribution in [3.8, 4) is 22.5 Å². The Labute approximate surface area is 433 Å². The van der Waals surface area contributed by atoms with E-state index in [-0.39, 0.29) is 34.1 Å². The first kappa shape index (κ1) is 56.8. The topological polar surface area (TPSA) is 88.0 Å². The molecule has 2 aromatic carbocycles. The summed E-state index contributed by atoms with van der Waals surface area (Å²) in [6.07, 6.45) is 41.8. The van der Waals surface area contributed by atoms with Gasteiger partial charge in [0.1, 0.15) is 0 Å². The number of nitrogens with zero attached hydrogens (tertiary/aromatic N) is 4. The molecule has 2 unspecified atom stereocenters. The molecule has 396 valence electrons. The lowest BCUT2D eigenvalue weighted by atomic mass is 9.91. The Morgan fingerprint density at radius 2 is 0.639 bits per heavy atom. The number of benzene rings is 2. The second kappa shape index (κ2) is 30.0. The number of hydrogen-bond donors (Lipinski definition) is 0. The molecule has 72 heavy (non-hydrogen) atoms. The van der Waals surface area contributed by atoms with E-state index in [1.165, 1.54) is 138 Å². The average Bonchev–Trinajstić information content (AvgIpc) is 3.94. The summed E-state index contributed by atoms with van der Waals surface area (Å²) in [6, 6.07) is 11.7. The minimum absolute atomic E-state index is 0.165. The number of aromatic nitrogens is 4. The third-order valence-corrected chi connectivity index (χ3v) is 16.5. The van der Waals surface area contributed by atoms with Crippen LogP contribution in [0, 0.1) is 11.8 Å². The van der Waals surface area contributed by atoms with Crippen LogP contribution in [-0.2, 0) is 27.2 Å². The Bertz CT molecular complexity index is 2570. The predicted octanol–water partition coefficient (Wildman–Crippen LogP) is 16.9. The number of fused-ring (bicyclic) bond motifs is 6. The molecule has 0 radical (unpaired) electrons. The molecule has 0 spiro atoms. The summed E-state index contributed by atoms with van der Waals surface area (Å²) in [5.41, 5.74) is 1.47. The van der Waals surface area contributed by atoms with Crippen molar-refractivity contribution in [2.75, 3.05) is 0 Å². The average molecular weight is 985 g/mol. The highest BCUT2D eigenvalue weighted by molar-refractivity contribution is 6.28. The summed E-state index contributed by atoms with van der Waals surface area (Å²) in [4.78, 5) is 62.7. The minimum Gasteiger partial charge on any atom is -0.351 e. The second-order valence-electron chi connectivity index (χ2n) is 22.3. The minimum atomic E-state index is -0.357. The van der Waals surface area contributed by atoms with Crippen molar-refractivity contribution < 1.29 is 0 Å². The molecule has 0 saturated heterocycles. The SMILES string of the molecule is CCCCCCCCCCC(CCCCCCCC)Cn1c(=O)c2cc(-c3cccn3C)c(c1=O)c1c3cc(-c4cccn4C)c(c(=O)n(CC(CCCCCCCC)CCCCCCCCCC)c3=O)c21. The van der Waals surface area contributed by atoms with E-state index in [4.69, 9.17) is 0 Å². The van der Waals surface area contributed by atoms with E-state index >= 15 is 19.2 Å². The zero-order valence-corrected chi connectivity index (χ0v) is 46.2. The van der Waals surface area contributed by atoms with Crippen LogP contribution in [0.5, 0.6) is 0 Å². The number of aryl methyl sites for hydroxylation is 2. The van der Waals surface area contributed by atoms with Crippen LogP contribution in [0.1, 0.15) is 233 Å². The fourth-order valence-corrected chi connectivity index (χ4v) is 12.1. The smallest absolute Gasteiger partial charge is 0.262 e. The lowest BCUT2D eigenvalue weighted by molar-refractivity contribution is 0.350. The Balaban J connectivity index is 1.49. The first-order valence-corrected chi connectivity index (χ1v) is 29.8. The van der Waals surface area contributed by atoms with Gasteiger partial charge >= 0.3 is 0 Å². The molecule has 8 nitrogen and oxygen atoms in total. The molecule has 6 heterocycles. The van der Waals surface area contributed by atoms with Crippen LogP contribution in [0.4, 0.5) is 0 Å². The van der Waals surface area contributed by atoms with E-state index in [2.05, 4.69) is 27.7 Å². The van der Waals surface area contributed by atoms with Crippen LogP contribution in [-0.4, -0.2) is 18.3 Å². The highest BCUT2D eigenvalue weighted by Gasteiger charge is 2.29. The van der Waals surface area contributed by atoms with Crippen molar-refractivity contribution in [3.63, 3.8) is 0 Å². The van der Waals surface area contributed by atoms with E-state index in [0.29, 0.717) is 56.5 Å². The lowest BCUT2D eigenvalue weighted by Crippen LogP contribution is -2.33. The lowest BCUT2D eigenvalue weighted by Gasteiger charge is -2.18. The molecule has 6 aromatic heterocycles. The summed E-state index contributed by atoms with van der Waals surface area (Å²) >= 11 is 0. The van der Waals surface area contributed by atoms with Gasteiger partial charge in [-0.3, -0.25) is 28.3 Å². The van der Waals surface area contributed by atoms with Gasteiger partial charge in [0.2, 0.25) is 0 Å². The summed E-state index contributed by atoms with van der Waals surface area (Å²) in [5.74, 6) is 0.331. The Hall–Kier alpha value is -4.46. The van der Waals surface area contributed by atoms with Crippen LogP contribution >= 0.6 is 0 Å². The van der Waals surface area contributed by atoms with Gasteiger partial charge in [-0.25, -0.2) is 0 Å². The highest BCUT2D eigenvalue weighted by Crippen LogP contribution is 2.40. The maximum absolute atomic E-state index is 15.7. The first-order chi connectivity index (χ1) is 35.2. The van der Waals surface area contributed by atoms with E-state index in [1.807, 2.05) is 72.0 Å². The van der Waals surface area contributed by atoms with E-state index in [9.17, 15) is 0 Å². The maximum Gasteiger partial charge on any atom is 0.262 e. The quantitative estimate of drug-likeness (QED) is 0.0362. The third-order valence-electron chi connectivity index (χ3n) is 16.5. The van der Waals surface area contributed by atoms with Gasteiger partial charge in [-0.15, -0.1) is 0 Å².